The van der Waals surface area contributed by atoms with Crippen LogP contribution in [0.4, 0.5) is 0 Å². The SMILES string of the molecule is Cn1cc2c(n1)C1OC1CCC2=O. The van der Waals surface area contributed by atoms with Crippen LogP contribution in [0.25, 0.3) is 0 Å². The lowest BCUT2D eigenvalue weighted by atomic mass is 10.1. The number of ether oxygens (including phenoxy) is 1. The molecule has 2 atom stereocenters. The monoisotopic (exact) mass is 178 g/mol. The third-order valence-corrected chi connectivity index (χ3v) is 2.67. The van der Waals surface area contributed by atoms with Gasteiger partial charge in [-0.05, 0) is 6.42 Å². The molecule has 0 aromatic carbocycles. The number of hydrogen-bond acceptors (Lipinski definition) is 3. The van der Waals surface area contributed by atoms with Crippen LogP contribution in [-0.2, 0) is 11.8 Å². The zero-order chi connectivity index (χ0) is 9.00. The van der Waals surface area contributed by atoms with Crippen molar-refractivity contribution in [3.05, 3.63) is 17.5 Å². The Morgan fingerprint density at radius 3 is 3.38 bits per heavy atom. The number of epoxide rings is 1. The highest BCUT2D eigenvalue weighted by Gasteiger charge is 2.46. The zero-order valence-electron chi connectivity index (χ0n) is 7.36. The number of aromatic nitrogens is 2. The summed E-state index contributed by atoms with van der Waals surface area (Å²) in [6.07, 6.45) is 3.59. The van der Waals surface area contributed by atoms with E-state index in [1.165, 1.54) is 0 Å². The molecule has 1 aromatic rings. The normalized spacial score (nSPS) is 30.7. The van der Waals surface area contributed by atoms with E-state index in [9.17, 15) is 4.79 Å². The van der Waals surface area contributed by atoms with Crippen molar-refractivity contribution in [2.45, 2.75) is 25.0 Å². The fourth-order valence-corrected chi connectivity index (χ4v) is 1.94. The van der Waals surface area contributed by atoms with Crippen molar-refractivity contribution in [3.63, 3.8) is 0 Å². The topological polar surface area (TPSA) is 47.4 Å². The van der Waals surface area contributed by atoms with Crippen molar-refractivity contribution in [2.24, 2.45) is 7.05 Å². The van der Waals surface area contributed by atoms with Gasteiger partial charge in [0.05, 0.1) is 11.7 Å². The van der Waals surface area contributed by atoms with Gasteiger partial charge in [-0.1, -0.05) is 0 Å². The fourth-order valence-electron chi connectivity index (χ4n) is 1.94. The van der Waals surface area contributed by atoms with Crippen LogP contribution in [0.5, 0.6) is 0 Å². The maximum absolute atomic E-state index is 11.6. The largest absolute Gasteiger partial charge is 0.363 e. The molecule has 2 heterocycles. The average molecular weight is 178 g/mol. The summed E-state index contributed by atoms with van der Waals surface area (Å²) >= 11 is 0. The molecule has 13 heavy (non-hydrogen) atoms. The standard InChI is InChI=1S/C9H10N2O2/c1-11-4-5-6(12)2-3-7-9(13-7)8(5)10-11/h4,7,9H,2-3H2,1H3. The van der Waals surface area contributed by atoms with Gasteiger partial charge in [-0.15, -0.1) is 0 Å². The first-order chi connectivity index (χ1) is 6.25. The van der Waals surface area contributed by atoms with Crippen LogP contribution in [0.3, 0.4) is 0 Å². The second-order valence-corrected chi connectivity index (χ2v) is 3.66. The lowest BCUT2D eigenvalue weighted by molar-refractivity contribution is 0.0975. The van der Waals surface area contributed by atoms with Crippen molar-refractivity contribution in [1.29, 1.82) is 0 Å². The van der Waals surface area contributed by atoms with E-state index in [4.69, 9.17) is 4.74 Å². The summed E-state index contributed by atoms with van der Waals surface area (Å²) in [4.78, 5) is 11.6. The van der Waals surface area contributed by atoms with Gasteiger partial charge in [-0.3, -0.25) is 9.48 Å². The highest BCUT2D eigenvalue weighted by Crippen LogP contribution is 2.44. The number of ketones is 1. The van der Waals surface area contributed by atoms with Crippen molar-refractivity contribution < 1.29 is 9.53 Å². The lowest BCUT2D eigenvalue weighted by Gasteiger charge is -1.93. The van der Waals surface area contributed by atoms with Crippen molar-refractivity contribution in [3.8, 4) is 0 Å². The molecule has 1 saturated heterocycles. The number of aryl methyl sites for hydroxylation is 1. The number of carbonyl (C=O) groups is 1. The molecule has 1 aliphatic heterocycles. The Kier molecular flexibility index (Phi) is 1.23. The molecule has 1 aromatic heterocycles. The quantitative estimate of drug-likeness (QED) is 0.553. The summed E-state index contributed by atoms with van der Waals surface area (Å²) in [6.45, 7) is 0. The minimum Gasteiger partial charge on any atom is -0.363 e. The van der Waals surface area contributed by atoms with Crippen molar-refractivity contribution in [1.82, 2.24) is 9.78 Å². The maximum atomic E-state index is 11.6. The molecule has 4 nitrogen and oxygen atoms in total. The highest BCUT2D eigenvalue weighted by molar-refractivity contribution is 5.97. The molecule has 0 saturated carbocycles. The van der Waals surface area contributed by atoms with Gasteiger partial charge < -0.3 is 4.74 Å². The minimum absolute atomic E-state index is 0.0997. The molecule has 0 amide bonds. The third-order valence-electron chi connectivity index (χ3n) is 2.67. The van der Waals surface area contributed by atoms with Crippen molar-refractivity contribution >= 4 is 5.78 Å². The Balaban J connectivity index is 2.14. The summed E-state index contributed by atoms with van der Waals surface area (Å²) in [5.41, 5.74) is 1.60. The zero-order valence-corrected chi connectivity index (χ0v) is 7.36. The van der Waals surface area contributed by atoms with Gasteiger partial charge in [-0.25, -0.2) is 0 Å². The van der Waals surface area contributed by atoms with Crippen LogP contribution in [0, 0.1) is 0 Å². The summed E-state index contributed by atoms with van der Waals surface area (Å²) in [5, 5.41) is 4.26. The van der Waals surface area contributed by atoms with E-state index in [0.29, 0.717) is 6.42 Å². The second-order valence-electron chi connectivity index (χ2n) is 3.66. The number of carbonyl (C=O) groups excluding carboxylic acids is 1. The molecular weight excluding hydrogens is 168 g/mol. The summed E-state index contributed by atoms with van der Waals surface area (Å²) in [7, 11) is 1.83. The molecule has 3 rings (SSSR count). The Labute approximate surface area is 75.5 Å². The lowest BCUT2D eigenvalue weighted by Crippen LogP contribution is -1.98. The van der Waals surface area contributed by atoms with Gasteiger partial charge in [0, 0.05) is 19.7 Å². The number of Topliss-reactive ketones (excluding diaryl/α,β-unsaturated/α-hetero) is 1. The van der Waals surface area contributed by atoms with Crippen LogP contribution in [0.15, 0.2) is 6.20 Å². The number of hydrogen-bond donors (Lipinski definition) is 0. The first-order valence-corrected chi connectivity index (χ1v) is 4.48. The first-order valence-electron chi connectivity index (χ1n) is 4.48. The Morgan fingerprint density at radius 2 is 2.54 bits per heavy atom. The highest BCUT2D eigenvalue weighted by atomic mass is 16.6. The molecule has 1 fully saturated rings. The molecule has 2 unspecified atom stereocenters. The maximum Gasteiger partial charge on any atom is 0.166 e. The van der Waals surface area contributed by atoms with E-state index in [2.05, 4.69) is 5.10 Å². The Bertz CT molecular complexity index is 383. The van der Waals surface area contributed by atoms with Crippen LogP contribution >= 0.6 is 0 Å². The van der Waals surface area contributed by atoms with Gasteiger partial charge in [0.15, 0.2) is 5.78 Å². The molecule has 0 spiro atoms. The summed E-state index contributed by atoms with van der Waals surface area (Å²) < 4.78 is 7.10. The molecular formula is C9H10N2O2. The predicted molar refractivity (Wildman–Crippen MR) is 44.4 cm³/mol. The van der Waals surface area contributed by atoms with E-state index in [-0.39, 0.29) is 18.0 Å². The molecule has 0 N–H and O–H groups in total. The van der Waals surface area contributed by atoms with Gasteiger partial charge in [0.2, 0.25) is 0 Å². The smallest absolute Gasteiger partial charge is 0.166 e. The van der Waals surface area contributed by atoms with E-state index in [1.807, 2.05) is 7.05 Å². The number of nitrogens with zero attached hydrogens (tertiary/aromatic N) is 2. The fraction of sp³-hybridized carbons (Fsp3) is 0.556. The van der Waals surface area contributed by atoms with Crippen LogP contribution < -0.4 is 0 Å². The molecule has 0 radical (unpaired) electrons. The predicted octanol–water partition coefficient (Wildman–Crippen LogP) is 0.837. The number of fused-ring (bicyclic) bond motifs is 3. The van der Waals surface area contributed by atoms with Crippen molar-refractivity contribution in [2.75, 3.05) is 0 Å². The Morgan fingerprint density at radius 1 is 1.69 bits per heavy atom. The number of rotatable bonds is 0. The van der Waals surface area contributed by atoms with Crippen LogP contribution in [-0.4, -0.2) is 21.7 Å². The molecule has 68 valence electrons. The molecule has 4 heteroatoms. The molecule has 0 bridgehead atoms. The van der Waals surface area contributed by atoms with Gasteiger partial charge in [0.25, 0.3) is 0 Å². The van der Waals surface area contributed by atoms with Crippen LogP contribution in [0.1, 0.15) is 35.0 Å². The molecule has 1 aliphatic carbocycles. The van der Waals surface area contributed by atoms with Gasteiger partial charge in [-0.2, -0.15) is 5.10 Å². The van der Waals surface area contributed by atoms with E-state index in [0.717, 1.165) is 17.7 Å². The first kappa shape index (κ1) is 7.26. The van der Waals surface area contributed by atoms with E-state index in [1.54, 1.807) is 10.9 Å². The van der Waals surface area contributed by atoms with Gasteiger partial charge in [0.1, 0.15) is 11.8 Å². The summed E-state index contributed by atoms with van der Waals surface area (Å²) in [6, 6.07) is 0. The van der Waals surface area contributed by atoms with Gasteiger partial charge >= 0.3 is 0 Å². The third kappa shape index (κ3) is 0.951. The Hall–Kier alpha value is -1.16. The van der Waals surface area contributed by atoms with E-state index < -0.39 is 0 Å². The van der Waals surface area contributed by atoms with E-state index >= 15 is 0 Å². The second kappa shape index (κ2) is 2.20. The average Bonchev–Trinajstić information content (AvgIpc) is 2.78. The minimum atomic E-state index is 0.0997. The molecule has 2 aliphatic rings. The summed E-state index contributed by atoms with van der Waals surface area (Å²) in [5.74, 6) is 0.207. The van der Waals surface area contributed by atoms with Crippen LogP contribution in [0.2, 0.25) is 0 Å².